The zero-order valence-electron chi connectivity index (χ0n) is 12.3. The lowest BCUT2D eigenvalue weighted by Gasteiger charge is -2.19. The van der Waals surface area contributed by atoms with Crippen LogP contribution in [0.15, 0.2) is 30.3 Å². The van der Waals surface area contributed by atoms with Crippen LogP contribution in [0.5, 0.6) is 5.75 Å². The van der Waals surface area contributed by atoms with E-state index >= 15 is 0 Å². The van der Waals surface area contributed by atoms with Gasteiger partial charge >= 0.3 is 0 Å². The summed E-state index contributed by atoms with van der Waals surface area (Å²) < 4.78 is 5.24. The van der Waals surface area contributed by atoms with Crippen LogP contribution in [-0.4, -0.2) is 31.2 Å². The molecule has 0 saturated heterocycles. The van der Waals surface area contributed by atoms with Crippen LogP contribution in [0.25, 0.3) is 0 Å². The molecule has 2 rings (SSSR count). The van der Waals surface area contributed by atoms with Gasteiger partial charge < -0.3 is 15.0 Å². The van der Waals surface area contributed by atoms with Crippen molar-refractivity contribution in [2.24, 2.45) is 0 Å². The summed E-state index contributed by atoms with van der Waals surface area (Å²) in [4.78, 5) is 10.9. The van der Waals surface area contributed by atoms with E-state index in [2.05, 4.69) is 26.3 Å². The number of rotatable bonds is 5. The zero-order chi connectivity index (χ0) is 14.5. The van der Waals surface area contributed by atoms with Crippen LogP contribution in [0.2, 0.25) is 0 Å². The van der Waals surface area contributed by atoms with E-state index in [4.69, 9.17) is 4.74 Å². The SMILES string of the molecule is CNc1nc(C)cc(N(C)Cc2cccc(OC)c2)n1. The predicted molar refractivity (Wildman–Crippen MR) is 81.4 cm³/mol. The standard InChI is InChI=1S/C15H20N4O/c1-11-8-14(18-15(16-2)17-11)19(3)10-12-6-5-7-13(9-12)20-4/h5-9H,10H2,1-4H3,(H,16,17,18). The molecule has 106 valence electrons. The first-order valence-electron chi connectivity index (χ1n) is 6.50. The molecule has 0 saturated carbocycles. The van der Waals surface area contributed by atoms with Crippen molar-refractivity contribution in [2.75, 3.05) is 31.4 Å². The predicted octanol–water partition coefficient (Wildman–Crippen LogP) is 2.47. The second-order valence-electron chi connectivity index (χ2n) is 4.65. The Balaban J connectivity index is 2.18. The van der Waals surface area contributed by atoms with Crippen molar-refractivity contribution in [1.29, 1.82) is 0 Å². The highest BCUT2D eigenvalue weighted by Crippen LogP contribution is 2.18. The van der Waals surface area contributed by atoms with Gasteiger partial charge in [0, 0.05) is 32.4 Å². The minimum atomic E-state index is 0.637. The fourth-order valence-corrected chi connectivity index (χ4v) is 1.98. The molecule has 5 nitrogen and oxygen atoms in total. The molecule has 1 aromatic carbocycles. The topological polar surface area (TPSA) is 50.3 Å². The molecule has 20 heavy (non-hydrogen) atoms. The summed E-state index contributed by atoms with van der Waals surface area (Å²) in [5, 5.41) is 2.98. The van der Waals surface area contributed by atoms with Crippen LogP contribution in [0, 0.1) is 6.92 Å². The largest absolute Gasteiger partial charge is 0.497 e. The van der Waals surface area contributed by atoms with Gasteiger partial charge in [0.05, 0.1) is 7.11 Å². The normalized spacial score (nSPS) is 10.2. The first kappa shape index (κ1) is 14.1. The van der Waals surface area contributed by atoms with Gasteiger partial charge in [-0.05, 0) is 24.6 Å². The van der Waals surface area contributed by atoms with Gasteiger partial charge in [0.2, 0.25) is 5.95 Å². The molecule has 0 aliphatic carbocycles. The Hall–Kier alpha value is -2.30. The molecule has 0 fully saturated rings. The van der Waals surface area contributed by atoms with Crippen LogP contribution >= 0.6 is 0 Å². The third kappa shape index (κ3) is 3.38. The molecule has 0 spiro atoms. The van der Waals surface area contributed by atoms with Crippen molar-refractivity contribution in [3.05, 3.63) is 41.6 Å². The minimum Gasteiger partial charge on any atom is -0.497 e. The van der Waals surface area contributed by atoms with E-state index in [1.165, 1.54) is 5.56 Å². The summed E-state index contributed by atoms with van der Waals surface area (Å²) in [6.07, 6.45) is 0. The molecular weight excluding hydrogens is 252 g/mol. The van der Waals surface area contributed by atoms with E-state index in [0.29, 0.717) is 5.95 Å². The first-order chi connectivity index (χ1) is 9.62. The first-order valence-corrected chi connectivity index (χ1v) is 6.50. The highest BCUT2D eigenvalue weighted by Gasteiger charge is 2.07. The van der Waals surface area contributed by atoms with Gasteiger partial charge in [-0.3, -0.25) is 0 Å². The number of nitrogens with zero attached hydrogens (tertiary/aromatic N) is 3. The van der Waals surface area contributed by atoms with Gasteiger partial charge in [0.1, 0.15) is 11.6 Å². The third-order valence-corrected chi connectivity index (χ3v) is 3.01. The van der Waals surface area contributed by atoms with Gasteiger partial charge in [-0.25, -0.2) is 4.98 Å². The zero-order valence-corrected chi connectivity index (χ0v) is 12.3. The van der Waals surface area contributed by atoms with Crippen molar-refractivity contribution in [1.82, 2.24) is 9.97 Å². The number of hydrogen-bond donors (Lipinski definition) is 1. The Kier molecular flexibility index (Phi) is 4.40. The Morgan fingerprint density at radius 3 is 2.75 bits per heavy atom. The maximum Gasteiger partial charge on any atom is 0.224 e. The maximum atomic E-state index is 5.24. The molecule has 0 radical (unpaired) electrons. The monoisotopic (exact) mass is 272 g/mol. The second-order valence-corrected chi connectivity index (χ2v) is 4.65. The molecule has 0 aliphatic heterocycles. The van der Waals surface area contributed by atoms with Crippen LogP contribution in [0.3, 0.4) is 0 Å². The average molecular weight is 272 g/mol. The van der Waals surface area contributed by atoms with Gasteiger partial charge in [-0.2, -0.15) is 4.98 Å². The molecule has 0 unspecified atom stereocenters. The molecule has 2 aromatic rings. The summed E-state index contributed by atoms with van der Waals surface area (Å²) in [7, 11) is 5.51. The molecule has 1 heterocycles. The quantitative estimate of drug-likeness (QED) is 0.906. The Morgan fingerprint density at radius 1 is 1.25 bits per heavy atom. The fourth-order valence-electron chi connectivity index (χ4n) is 1.98. The van der Waals surface area contributed by atoms with E-state index in [0.717, 1.165) is 23.8 Å². The van der Waals surface area contributed by atoms with Gasteiger partial charge in [0.15, 0.2) is 0 Å². The molecule has 0 atom stereocenters. The summed E-state index contributed by atoms with van der Waals surface area (Å²) in [6.45, 7) is 2.72. The minimum absolute atomic E-state index is 0.637. The van der Waals surface area contributed by atoms with E-state index in [-0.39, 0.29) is 0 Å². The summed E-state index contributed by atoms with van der Waals surface area (Å²) >= 11 is 0. The summed E-state index contributed by atoms with van der Waals surface area (Å²) in [6, 6.07) is 10.0. The molecule has 0 aliphatic rings. The van der Waals surface area contributed by atoms with Crippen molar-refractivity contribution in [3.8, 4) is 5.75 Å². The van der Waals surface area contributed by atoms with Gasteiger partial charge in [-0.15, -0.1) is 0 Å². The lowest BCUT2D eigenvalue weighted by molar-refractivity contribution is 0.414. The molecule has 1 N–H and O–H groups in total. The van der Waals surface area contributed by atoms with Crippen molar-refractivity contribution >= 4 is 11.8 Å². The highest BCUT2D eigenvalue weighted by molar-refractivity contribution is 5.45. The molecular formula is C15H20N4O. The van der Waals surface area contributed by atoms with Crippen LogP contribution in [0.4, 0.5) is 11.8 Å². The number of nitrogens with one attached hydrogen (secondary N) is 1. The maximum absolute atomic E-state index is 5.24. The number of aryl methyl sites for hydroxylation is 1. The van der Waals surface area contributed by atoms with Gasteiger partial charge in [0.25, 0.3) is 0 Å². The van der Waals surface area contributed by atoms with E-state index in [1.807, 2.05) is 45.3 Å². The Morgan fingerprint density at radius 2 is 2.05 bits per heavy atom. The third-order valence-electron chi connectivity index (χ3n) is 3.01. The Labute approximate surface area is 119 Å². The van der Waals surface area contributed by atoms with Crippen molar-refractivity contribution < 1.29 is 4.74 Å². The highest BCUT2D eigenvalue weighted by atomic mass is 16.5. The van der Waals surface area contributed by atoms with Gasteiger partial charge in [-0.1, -0.05) is 12.1 Å². The number of ether oxygens (including phenoxy) is 1. The van der Waals surface area contributed by atoms with Crippen LogP contribution in [-0.2, 0) is 6.54 Å². The van der Waals surface area contributed by atoms with Crippen molar-refractivity contribution in [3.63, 3.8) is 0 Å². The van der Waals surface area contributed by atoms with E-state index < -0.39 is 0 Å². The Bertz CT molecular complexity index is 586. The fraction of sp³-hybridized carbons (Fsp3) is 0.333. The average Bonchev–Trinajstić information content (AvgIpc) is 2.46. The smallest absolute Gasteiger partial charge is 0.224 e. The molecule has 0 bridgehead atoms. The summed E-state index contributed by atoms with van der Waals surface area (Å²) in [5.41, 5.74) is 2.12. The van der Waals surface area contributed by atoms with E-state index in [1.54, 1.807) is 7.11 Å². The molecule has 5 heteroatoms. The molecule has 1 aromatic heterocycles. The number of anilines is 2. The van der Waals surface area contributed by atoms with E-state index in [9.17, 15) is 0 Å². The van der Waals surface area contributed by atoms with Crippen LogP contribution < -0.4 is 15.0 Å². The summed E-state index contributed by atoms with van der Waals surface area (Å²) in [5.74, 6) is 2.40. The van der Waals surface area contributed by atoms with Crippen molar-refractivity contribution in [2.45, 2.75) is 13.5 Å². The lowest BCUT2D eigenvalue weighted by atomic mass is 10.2. The lowest BCUT2D eigenvalue weighted by Crippen LogP contribution is -2.18. The number of hydrogen-bond acceptors (Lipinski definition) is 5. The number of benzene rings is 1. The number of aromatic nitrogens is 2. The molecule has 0 amide bonds. The second kappa shape index (κ2) is 6.23. The van der Waals surface area contributed by atoms with Crippen LogP contribution in [0.1, 0.15) is 11.3 Å². The number of methoxy groups -OCH3 is 1.